The van der Waals surface area contributed by atoms with Crippen molar-refractivity contribution in [3.05, 3.63) is 29.8 Å². The lowest BCUT2D eigenvalue weighted by atomic mass is 10.0. The fraction of sp³-hybridized carbons (Fsp3) is 0.429. The van der Waals surface area contributed by atoms with E-state index in [1.54, 1.807) is 11.6 Å². The zero-order valence-corrected chi connectivity index (χ0v) is 13.7. The summed E-state index contributed by atoms with van der Waals surface area (Å²) in [4.78, 5) is 11.1. The molecule has 10 heteroatoms. The topological polar surface area (TPSA) is 78.8 Å². The summed E-state index contributed by atoms with van der Waals surface area (Å²) in [7, 11) is -4.69. The minimum Gasteiger partial charge on any atom is -0.246 e. The number of carbonyl (C=O) groups is 1. The van der Waals surface area contributed by atoms with Crippen LogP contribution in [-0.2, 0) is 16.2 Å². The number of alkyl halides is 3. The lowest BCUT2D eigenvalue weighted by Crippen LogP contribution is -2.44. The van der Waals surface area contributed by atoms with Crippen molar-refractivity contribution in [2.24, 2.45) is 11.0 Å². The summed E-state index contributed by atoms with van der Waals surface area (Å²) < 4.78 is 65.0. The van der Waals surface area contributed by atoms with Crippen molar-refractivity contribution in [2.75, 3.05) is 0 Å². The van der Waals surface area contributed by atoms with Crippen molar-refractivity contribution in [2.45, 2.75) is 37.4 Å². The van der Waals surface area contributed by atoms with Gasteiger partial charge in [0.2, 0.25) is 0 Å². The van der Waals surface area contributed by atoms with Crippen LogP contribution >= 0.6 is 0 Å². The summed E-state index contributed by atoms with van der Waals surface area (Å²) in [6.07, 6.45) is -2.65. The average Bonchev–Trinajstić information content (AvgIpc) is 2.87. The minimum absolute atomic E-state index is 0.0408. The number of amides is 2. The van der Waals surface area contributed by atoms with Gasteiger partial charge in [-0.3, -0.25) is 0 Å². The van der Waals surface area contributed by atoms with E-state index in [1.807, 2.05) is 6.92 Å². The summed E-state index contributed by atoms with van der Waals surface area (Å²) in [5.74, 6) is -0.0408. The van der Waals surface area contributed by atoms with Gasteiger partial charge in [-0.05, 0) is 25.5 Å². The van der Waals surface area contributed by atoms with E-state index in [-0.39, 0.29) is 12.0 Å². The summed E-state index contributed by atoms with van der Waals surface area (Å²) in [6, 6.07) is 2.18. The van der Waals surface area contributed by atoms with Gasteiger partial charge in [-0.1, -0.05) is 19.1 Å². The first-order valence-corrected chi connectivity index (χ1v) is 8.62. The Morgan fingerprint density at radius 2 is 1.96 bits per heavy atom. The Morgan fingerprint density at radius 1 is 1.33 bits per heavy atom. The smallest absolute Gasteiger partial charge is 0.246 e. The van der Waals surface area contributed by atoms with Crippen LogP contribution in [-0.4, -0.2) is 31.7 Å². The first kappa shape index (κ1) is 18.2. The van der Waals surface area contributed by atoms with Gasteiger partial charge >= 0.3 is 12.2 Å². The quantitative estimate of drug-likeness (QED) is 0.897. The third kappa shape index (κ3) is 3.53. The third-order valence-corrected chi connectivity index (χ3v) is 5.15. The highest BCUT2D eigenvalue weighted by molar-refractivity contribution is 7.90. The number of rotatable bonds is 3. The van der Waals surface area contributed by atoms with Crippen molar-refractivity contribution in [3.8, 4) is 0 Å². The van der Waals surface area contributed by atoms with Crippen LogP contribution in [0.4, 0.5) is 18.0 Å². The van der Waals surface area contributed by atoms with Gasteiger partial charge in [0.15, 0.2) is 0 Å². The van der Waals surface area contributed by atoms with Crippen molar-refractivity contribution in [1.29, 1.82) is 0 Å². The molecule has 0 fully saturated rings. The molecule has 0 radical (unpaired) electrons. The molecule has 0 saturated carbocycles. The summed E-state index contributed by atoms with van der Waals surface area (Å²) in [5.41, 5.74) is -1.34. The standard InChI is InChI=1S/C14H16F3N3O3S/c1-3-10-8-18-20(9(10)2)13(21)19-24(22,23)12-7-5-4-6-11(12)14(15,16)17/h4-10H,3H2,1-2H3,(H,19,21). The second kappa shape index (κ2) is 6.42. The zero-order chi connectivity index (χ0) is 18.1. The Bertz CT molecular complexity index is 762. The molecule has 6 nitrogen and oxygen atoms in total. The van der Waals surface area contributed by atoms with Gasteiger partial charge in [-0.15, -0.1) is 0 Å². The SMILES string of the molecule is CCC1C=NN(C(=O)NS(=O)(=O)c2ccccc2C(F)(F)F)C1C. The Kier molecular flexibility index (Phi) is 4.88. The first-order chi connectivity index (χ1) is 11.1. The maximum Gasteiger partial charge on any atom is 0.417 e. The van der Waals surface area contributed by atoms with Crippen LogP contribution in [0.2, 0.25) is 0 Å². The molecule has 2 amide bonds. The van der Waals surface area contributed by atoms with Crippen LogP contribution in [0.1, 0.15) is 25.8 Å². The monoisotopic (exact) mass is 363 g/mol. The lowest BCUT2D eigenvalue weighted by Gasteiger charge is -2.22. The van der Waals surface area contributed by atoms with Crippen molar-refractivity contribution in [3.63, 3.8) is 0 Å². The highest BCUT2D eigenvalue weighted by Crippen LogP contribution is 2.34. The normalized spacial score (nSPS) is 21.1. The summed E-state index contributed by atoms with van der Waals surface area (Å²) in [6.45, 7) is 3.56. The van der Waals surface area contributed by atoms with Gasteiger partial charge in [0.25, 0.3) is 10.0 Å². The van der Waals surface area contributed by atoms with E-state index in [0.717, 1.165) is 23.2 Å². The largest absolute Gasteiger partial charge is 0.417 e. The Morgan fingerprint density at radius 3 is 2.50 bits per heavy atom. The van der Waals surface area contributed by atoms with Crippen LogP contribution in [0.25, 0.3) is 0 Å². The molecular formula is C14H16F3N3O3S. The molecular weight excluding hydrogens is 347 g/mol. The van der Waals surface area contributed by atoms with Gasteiger partial charge in [-0.25, -0.2) is 22.9 Å². The first-order valence-electron chi connectivity index (χ1n) is 7.14. The Hall–Kier alpha value is -2.10. The molecule has 1 heterocycles. The number of urea groups is 1. The predicted octanol–water partition coefficient (Wildman–Crippen LogP) is 2.82. The molecule has 0 spiro atoms. The fourth-order valence-corrected chi connectivity index (χ4v) is 3.57. The molecule has 0 saturated heterocycles. The molecule has 24 heavy (non-hydrogen) atoms. The molecule has 2 atom stereocenters. The summed E-state index contributed by atoms with van der Waals surface area (Å²) in [5, 5.41) is 4.75. The molecule has 1 N–H and O–H groups in total. The maximum atomic E-state index is 13.0. The van der Waals surface area contributed by atoms with Crippen molar-refractivity contribution < 1.29 is 26.4 Å². The maximum absolute atomic E-state index is 13.0. The number of hydrazone groups is 1. The van der Waals surface area contributed by atoms with Gasteiger partial charge in [0.05, 0.1) is 16.5 Å². The molecule has 0 aromatic heterocycles. The minimum atomic E-state index is -4.86. The lowest BCUT2D eigenvalue weighted by molar-refractivity contribution is -0.139. The number of sulfonamides is 1. The molecule has 2 unspecified atom stereocenters. The third-order valence-electron chi connectivity index (χ3n) is 3.77. The van der Waals surface area contributed by atoms with Crippen LogP contribution < -0.4 is 4.72 Å². The summed E-state index contributed by atoms with van der Waals surface area (Å²) >= 11 is 0. The molecule has 132 valence electrons. The van der Waals surface area contributed by atoms with Crippen molar-refractivity contribution in [1.82, 2.24) is 9.73 Å². The second-order valence-electron chi connectivity index (χ2n) is 5.33. The Labute approximate surface area is 137 Å². The average molecular weight is 363 g/mol. The van der Waals surface area contributed by atoms with Crippen LogP contribution in [0.15, 0.2) is 34.3 Å². The molecule has 1 aromatic rings. The van der Waals surface area contributed by atoms with Gasteiger partial charge in [0.1, 0.15) is 0 Å². The number of carbonyl (C=O) groups excluding carboxylic acids is 1. The van der Waals surface area contributed by atoms with E-state index in [9.17, 15) is 26.4 Å². The number of hydrogen-bond donors (Lipinski definition) is 1. The van der Waals surface area contributed by atoms with E-state index in [0.29, 0.717) is 12.5 Å². The van der Waals surface area contributed by atoms with Crippen LogP contribution in [0.3, 0.4) is 0 Å². The highest BCUT2D eigenvalue weighted by Gasteiger charge is 2.38. The number of nitrogens with zero attached hydrogens (tertiary/aromatic N) is 2. The molecule has 0 aliphatic carbocycles. The van der Waals surface area contributed by atoms with Crippen LogP contribution in [0, 0.1) is 5.92 Å². The van der Waals surface area contributed by atoms with E-state index in [1.165, 1.54) is 6.21 Å². The van der Waals surface area contributed by atoms with Crippen LogP contribution in [0.5, 0.6) is 0 Å². The highest BCUT2D eigenvalue weighted by atomic mass is 32.2. The molecule has 2 rings (SSSR count). The number of benzene rings is 1. The van der Waals surface area contributed by atoms with E-state index < -0.39 is 32.7 Å². The van der Waals surface area contributed by atoms with Gasteiger partial charge < -0.3 is 0 Å². The zero-order valence-electron chi connectivity index (χ0n) is 12.9. The van der Waals surface area contributed by atoms with Gasteiger partial charge in [0, 0.05) is 12.1 Å². The van der Waals surface area contributed by atoms with E-state index >= 15 is 0 Å². The van der Waals surface area contributed by atoms with Crippen molar-refractivity contribution >= 4 is 22.3 Å². The molecule has 1 aromatic carbocycles. The second-order valence-corrected chi connectivity index (χ2v) is 6.98. The molecule has 1 aliphatic rings. The van der Waals surface area contributed by atoms with E-state index in [2.05, 4.69) is 5.10 Å². The fourth-order valence-electron chi connectivity index (χ4n) is 2.40. The number of hydrogen-bond acceptors (Lipinski definition) is 4. The predicted molar refractivity (Wildman–Crippen MR) is 80.7 cm³/mol. The van der Waals surface area contributed by atoms with E-state index in [4.69, 9.17) is 0 Å². The molecule has 1 aliphatic heterocycles. The number of halogens is 3. The Balaban J connectivity index is 2.28. The number of nitrogens with one attached hydrogen (secondary N) is 1. The van der Waals surface area contributed by atoms with Gasteiger partial charge in [-0.2, -0.15) is 18.3 Å². The molecule has 0 bridgehead atoms.